The lowest BCUT2D eigenvalue weighted by molar-refractivity contribution is -0.130. The van der Waals surface area contributed by atoms with Gasteiger partial charge in [0.25, 0.3) is 11.8 Å². The maximum Gasteiger partial charge on any atom is 0.263 e. The molecule has 0 radical (unpaired) electrons. The number of rotatable bonds is 7. The Labute approximate surface area is 222 Å². The molecule has 0 saturated carbocycles. The van der Waals surface area contributed by atoms with Crippen LogP contribution in [-0.2, 0) is 17.8 Å². The Bertz CT molecular complexity index is 1390. The fourth-order valence-corrected chi connectivity index (χ4v) is 5.28. The van der Waals surface area contributed by atoms with E-state index in [2.05, 4.69) is 4.90 Å². The minimum atomic E-state index is -0.330. The van der Waals surface area contributed by atoms with Crippen LogP contribution in [0.4, 0.5) is 5.69 Å². The van der Waals surface area contributed by atoms with Gasteiger partial charge in [-0.05, 0) is 30.7 Å². The van der Waals surface area contributed by atoms with Crippen LogP contribution in [-0.4, -0.2) is 67.9 Å². The summed E-state index contributed by atoms with van der Waals surface area (Å²) >= 11 is 0. The predicted molar refractivity (Wildman–Crippen MR) is 144 cm³/mol. The molecular weight excluding hydrogens is 482 g/mol. The van der Waals surface area contributed by atoms with Gasteiger partial charge in [-0.25, -0.2) is 0 Å². The van der Waals surface area contributed by atoms with E-state index >= 15 is 0 Å². The number of hydrogen-bond acceptors (Lipinski definition) is 6. The monoisotopic (exact) mass is 513 g/mol. The van der Waals surface area contributed by atoms with Gasteiger partial charge in [-0.1, -0.05) is 48.0 Å². The van der Waals surface area contributed by atoms with Crippen LogP contribution in [0.2, 0.25) is 0 Å². The number of imide groups is 1. The molecule has 2 aliphatic heterocycles. The largest absolute Gasteiger partial charge is 0.493 e. The van der Waals surface area contributed by atoms with Gasteiger partial charge in [-0.2, -0.15) is 0 Å². The van der Waals surface area contributed by atoms with Gasteiger partial charge in [0.15, 0.2) is 11.5 Å². The molecule has 5 rings (SSSR count). The molecule has 0 aliphatic carbocycles. The van der Waals surface area contributed by atoms with Crippen molar-refractivity contribution in [1.82, 2.24) is 9.80 Å². The van der Waals surface area contributed by atoms with Crippen LogP contribution < -0.4 is 14.4 Å². The summed E-state index contributed by atoms with van der Waals surface area (Å²) in [7, 11) is 3.08. The van der Waals surface area contributed by atoms with Crippen molar-refractivity contribution >= 4 is 23.4 Å². The van der Waals surface area contributed by atoms with Gasteiger partial charge in [0.1, 0.15) is 0 Å². The second kappa shape index (κ2) is 10.6. The Morgan fingerprint density at radius 1 is 0.868 bits per heavy atom. The average molecular weight is 514 g/mol. The number of para-hydroxylation sites is 1. The lowest BCUT2D eigenvalue weighted by Crippen LogP contribution is -2.49. The van der Waals surface area contributed by atoms with Crippen molar-refractivity contribution in [2.75, 3.05) is 45.3 Å². The number of fused-ring (bicyclic) bond motifs is 1. The van der Waals surface area contributed by atoms with Crippen LogP contribution in [0.3, 0.4) is 0 Å². The summed E-state index contributed by atoms with van der Waals surface area (Å²) in [6, 6.07) is 18.8. The van der Waals surface area contributed by atoms with Crippen molar-refractivity contribution in [3.63, 3.8) is 0 Å². The number of amides is 3. The van der Waals surface area contributed by atoms with Crippen LogP contribution in [0.15, 0.2) is 60.7 Å². The fraction of sp³-hybridized carbons (Fsp3) is 0.300. The van der Waals surface area contributed by atoms with Crippen LogP contribution in [0.5, 0.6) is 11.5 Å². The van der Waals surface area contributed by atoms with Crippen LogP contribution >= 0.6 is 0 Å². The number of anilines is 1. The third kappa shape index (κ3) is 4.69. The molecule has 3 amide bonds. The zero-order valence-corrected chi connectivity index (χ0v) is 21.9. The van der Waals surface area contributed by atoms with E-state index in [0.717, 1.165) is 16.8 Å². The molecule has 8 heteroatoms. The molecule has 0 spiro atoms. The Balaban J connectivity index is 1.31. The van der Waals surface area contributed by atoms with E-state index in [9.17, 15) is 14.4 Å². The first-order valence-electron chi connectivity index (χ1n) is 12.7. The summed E-state index contributed by atoms with van der Waals surface area (Å²) in [5, 5.41) is 0. The Morgan fingerprint density at radius 3 is 2.32 bits per heavy atom. The van der Waals surface area contributed by atoms with Crippen molar-refractivity contribution < 1.29 is 23.9 Å². The minimum Gasteiger partial charge on any atom is -0.493 e. The molecule has 1 saturated heterocycles. The van der Waals surface area contributed by atoms with Crippen LogP contribution in [0.1, 0.15) is 37.4 Å². The molecule has 3 aromatic rings. The predicted octanol–water partition coefficient (Wildman–Crippen LogP) is 3.70. The minimum absolute atomic E-state index is 0.0768. The van der Waals surface area contributed by atoms with Crippen molar-refractivity contribution in [2.45, 2.75) is 19.9 Å². The summed E-state index contributed by atoms with van der Waals surface area (Å²) < 4.78 is 10.9. The second-order valence-corrected chi connectivity index (χ2v) is 9.58. The summed E-state index contributed by atoms with van der Waals surface area (Å²) in [5.74, 6) is 0.473. The lowest BCUT2D eigenvalue weighted by atomic mass is 10.1. The first-order chi connectivity index (χ1) is 18.4. The summed E-state index contributed by atoms with van der Waals surface area (Å²) in [6.07, 6.45) is 0.373. The van der Waals surface area contributed by atoms with Gasteiger partial charge in [-0.15, -0.1) is 0 Å². The van der Waals surface area contributed by atoms with Gasteiger partial charge in [0.05, 0.1) is 44.0 Å². The molecule has 0 unspecified atom stereocenters. The highest BCUT2D eigenvalue weighted by Crippen LogP contribution is 2.36. The highest BCUT2D eigenvalue weighted by Gasteiger charge is 2.39. The molecular formula is C30H31N3O5. The van der Waals surface area contributed by atoms with E-state index in [1.807, 2.05) is 54.3 Å². The normalized spacial score (nSPS) is 15.1. The maximum absolute atomic E-state index is 13.6. The van der Waals surface area contributed by atoms with E-state index in [1.54, 1.807) is 25.3 Å². The van der Waals surface area contributed by atoms with E-state index < -0.39 is 0 Å². The highest BCUT2D eigenvalue weighted by atomic mass is 16.5. The van der Waals surface area contributed by atoms with Gasteiger partial charge in [-0.3, -0.25) is 19.3 Å². The van der Waals surface area contributed by atoms with Crippen molar-refractivity contribution in [3.8, 4) is 11.5 Å². The van der Waals surface area contributed by atoms with Gasteiger partial charge >= 0.3 is 0 Å². The first-order valence-corrected chi connectivity index (χ1v) is 12.7. The Hall–Kier alpha value is -4.33. The summed E-state index contributed by atoms with van der Waals surface area (Å²) in [4.78, 5) is 45.0. The van der Waals surface area contributed by atoms with E-state index in [4.69, 9.17) is 9.47 Å². The number of methoxy groups -OCH3 is 2. The number of hydrogen-bond donors (Lipinski definition) is 0. The third-order valence-electron chi connectivity index (χ3n) is 7.20. The number of carbonyl (C=O) groups excluding carboxylic acids is 3. The number of carbonyl (C=O) groups is 3. The molecule has 0 N–H and O–H groups in total. The highest BCUT2D eigenvalue weighted by molar-refractivity contribution is 6.23. The number of nitrogens with zero attached hydrogens (tertiary/aromatic N) is 3. The van der Waals surface area contributed by atoms with Gasteiger partial charge in [0, 0.05) is 31.7 Å². The van der Waals surface area contributed by atoms with E-state index in [0.29, 0.717) is 60.8 Å². The molecule has 2 aliphatic rings. The number of ether oxygens (including phenoxy) is 2. The molecule has 0 aromatic heterocycles. The zero-order chi connectivity index (χ0) is 26.8. The molecule has 2 heterocycles. The summed E-state index contributed by atoms with van der Waals surface area (Å²) in [6.45, 7) is 4.38. The molecule has 0 atom stereocenters. The first kappa shape index (κ1) is 25.3. The average Bonchev–Trinajstić information content (AvgIpc) is 3.17. The maximum atomic E-state index is 13.6. The second-order valence-electron chi connectivity index (χ2n) is 9.58. The Kier molecular flexibility index (Phi) is 7.05. The smallest absolute Gasteiger partial charge is 0.263 e. The van der Waals surface area contributed by atoms with E-state index in [-0.39, 0.29) is 24.3 Å². The summed E-state index contributed by atoms with van der Waals surface area (Å²) in [5.41, 5.74) is 4.37. The number of benzene rings is 3. The van der Waals surface area contributed by atoms with Gasteiger partial charge < -0.3 is 19.3 Å². The third-order valence-corrected chi connectivity index (χ3v) is 7.20. The van der Waals surface area contributed by atoms with Crippen molar-refractivity contribution in [2.24, 2.45) is 0 Å². The van der Waals surface area contributed by atoms with Crippen molar-refractivity contribution in [1.29, 1.82) is 0 Å². The fourth-order valence-electron chi connectivity index (χ4n) is 5.28. The molecule has 0 bridgehead atoms. The quantitative estimate of drug-likeness (QED) is 0.449. The number of aryl methyl sites for hydroxylation is 1. The van der Waals surface area contributed by atoms with Crippen LogP contribution in [0.25, 0.3) is 0 Å². The van der Waals surface area contributed by atoms with Crippen LogP contribution in [0, 0.1) is 6.92 Å². The standard InChI is InChI=1S/C30H31N3O5/c1-20-7-4-8-21(17-20)18-26(34)32-15-13-31(14-16-32)24-11-6-10-23-27(24)30(36)33(29(23)35)19-22-9-5-12-25(37-2)28(22)38-3/h4-12,17H,13-16,18-19H2,1-3H3. The molecule has 3 aromatic carbocycles. The molecule has 1 fully saturated rings. The zero-order valence-electron chi connectivity index (χ0n) is 21.9. The van der Waals surface area contributed by atoms with Gasteiger partial charge in [0.2, 0.25) is 5.91 Å². The number of piperazine rings is 1. The molecule has 196 valence electrons. The lowest BCUT2D eigenvalue weighted by Gasteiger charge is -2.36. The van der Waals surface area contributed by atoms with Crippen molar-refractivity contribution in [3.05, 3.63) is 88.5 Å². The SMILES string of the molecule is COc1cccc(CN2C(=O)c3cccc(N4CCN(C(=O)Cc5cccc(C)c5)CC4)c3C2=O)c1OC. The molecule has 38 heavy (non-hydrogen) atoms. The topological polar surface area (TPSA) is 79.4 Å². The molecule has 8 nitrogen and oxygen atoms in total. The Morgan fingerprint density at radius 2 is 1.61 bits per heavy atom. The van der Waals surface area contributed by atoms with E-state index in [1.165, 1.54) is 12.0 Å².